The number of aryl methyl sites for hydroxylation is 1. The summed E-state index contributed by atoms with van der Waals surface area (Å²) in [5.74, 6) is 1.43. The predicted molar refractivity (Wildman–Crippen MR) is 125 cm³/mol. The second-order valence-electron chi connectivity index (χ2n) is 6.75. The average Bonchev–Trinajstić information content (AvgIpc) is 3.17. The lowest BCUT2D eigenvalue weighted by Crippen LogP contribution is -2.37. The average molecular weight is 519 g/mol. The van der Waals surface area contributed by atoms with E-state index in [9.17, 15) is 4.79 Å². The summed E-state index contributed by atoms with van der Waals surface area (Å²) >= 11 is 0. The molecular weight excluding hydrogens is 485 g/mol. The molecule has 0 spiro atoms. The first kappa shape index (κ1) is 25.5. The Balaban J connectivity index is 0.00000420. The molecule has 1 aromatic rings. The number of hydrogen-bond acceptors (Lipinski definition) is 5. The van der Waals surface area contributed by atoms with Gasteiger partial charge in [0.15, 0.2) is 5.96 Å². The number of guanidine groups is 1. The Morgan fingerprint density at radius 1 is 1.31 bits per heavy atom. The Labute approximate surface area is 191 Å². The summed E-state index contributed by atoms with van der Waals surface area (Å²) in [5.41, 5.74) is 2.20. The van der Waals surface area contributed by atoms with Crippen LogP contribution in [0.15, 0.2) is 23.2 Å². The standard InChI is InChI=1S/C21H33N3O4.HI/c1-4-22-21(23-11-6-7-20(25)27-5-2)24-14-17-9-8-16(3)13-19(17)28-18-10-12-26-15-18;/h8-9,13,18H,4-7,10-12,14-15H2,1-3H3,(H2,22,23,24);1H. The minimum absolute atomic E-state index is 0. The van der Waals surface area contributed by atoms with E-state index in [2.05, 4.69) is 40.7 Å². The van der Waals surface area contributed by atoms with E-state index in [0.29, 0.717) is 39.1 Å². The lowest BCUT2D eigenvalue weighted by molar-refractivity contribution is -0.143. The van der Waals surface area contributed by atoms with Crippen LogP contribution in [0.3, 0.4) is 0 Å². The van der Waals surface area contributed by atoms with Gasteiger partial charge in [-0.2, -0.15) is 0 Å². The van der Waals surface area contributed by atoms with Gasteiger partial charge in [-0.15, -0.1) is 24.0 Å². The molecule has 29 heavy (non-hydrogen) atoms. The second kappa shape index (κ2) is 14.4. The number of ether oxygens (including phenoxy) is 3. The number of hydrogen-bond donors (Lipinski definition) is 2. The number of aliphatic imine (C=N–C) groups is 1. The molecule has 1 aromatic carbocycles. The largest absolute Gasteiger partial charge is 0.488 e. The Bertz CT molecular complexity index is 649. The number of benzene rings is 1. The first-order chi connectivity index (χ1) is 13.6. The van der Waals surface area contributed by atoms with Crippen LogP contribution in [0.25, 0.3) is 0 Å². The molecule has 8 heteroatoms. The fourth-order valence-corrected chi connectivity index (χ4v) is 2.87. The molecule has 1 heterocycles. The van der Waals surface area contributed by atoms with Gasteiger partial charge < -0.3 is 24.8 Å². The first-order valence-corrected chi connectivity index (χ1v) is 10.1. The quantitative estimate of drug-likeness (QED) is 0.163. The Morgan fingerprint density at radius 3 is 2.83 bits per heavy atom. The van der Waals surface area contributed by atoms with Gasteiger partial charge in [0.1, 0.15) is 11.9 Å². The van der Waals surface area contributed by atoms with Gasteiger partial charge in [-0.25, -0.2) is 4.99 Å². The Kier molecular flexibility index (Phi) is 12.7. The van der Waals surface area contributed by atoms with Crippen molar-refractivity contribution >= 4 is 35.9 Å². The number of nitrogens with zero attached hydrogens (tertiary/aromatic N) is 1. The van der Waals surface area contributed by atoms with Crippen LogP contribution in [-0.4, -0.2) is 50.9 Å². The maximum Gasteiger partial charge on any atom is 0.305 e. The van der Waals surface area contributed by atoms with Crippen molar-refractivity contribution in [2.75, 3.05) is 32.9 Å². The fraction of sp³-hybridized carbons (Fsp3) is 0.619. The van der Waals surface area contributed by atoms with E-state index in [4.69, 9.17) is 14.2 Å². The molecule has 1 unspecified atom stereocenters. The van der Waals surface area contributed by atoms with Crippen molar-refractivity contribution in [2.45, 2.75) is 52.7 Å². The summed E-state index contributed by atoms with van der Waals surface area (Å²) in [6, 6.07) is 6.19. The van der Waals surface area contributed by atoms with Gasteiger partial charge in [0.2, 0.25) is 0 Å². The van der Waals surface area contributed by atoms with Crippen LogP contribution >= 0.6 is 24.0 Å². The smallest absolute Gasteiger partial charge is 0.305 e. The van der Waals surface area contributed by atoms with Crippen LogP contribution < -0.4 is 15.4 Å². The van der Waals surface area contributed by atoms with E-state index in [1.54, 1.807) is 0 Å². The third-order valence-electron chi connectivity index (χ3n) is 4.31. The molecule has 0 bridgehead atoms. The normalized spacial score (nSPS) is 16.1. The zero-order chi connectivity index (χ0) is 20.2. The van der Waals surface area contributed by atoms with Crippen molar-refractivity contribution in [1.82, 2.24) is 10.6 Å². The first-order valence-electron chi connectivity index (χ1n) is 10.1. The summed E-state index contributed by atoms with van der Waals surface area (Å²) in [5, 5.41) is 6.49. The van der Waals surface area contributed by atoms with E-state index in [0.717, 1.165) is 42.4 Å². The molecule has 0 radical (unpaired) electrons. The van der Waals surface area contributed by atoms with Gasteiger partial charge in [0.25, 0.3) is 0 Å². The van der Waals surface area contributed by atoms with Crippen molar-refractivity contribution in [3.8, 4) is 5.75 Å². The zero-order valence-electron chi connectivity index (χ0n) is 17.7. The van der Waals surface area contributed by atoms with Gasteiger partial charge in [-0.1, -0.05) is 12.1 Å². The molecule has 1 atom stereocenters. The summed E-state index contributed by atoms with van der Waals surface area (Å²) < 4.78 is 16.5. The summed E-state index contributed by atoms with van der Waals surface area (Å²) in [7, 11) is 0. The third kappa shape index (κ3) is 9.66. The SMILES string of the molecule is CCNC(=NCc1ccc(C)cc1OC1CCOC1)NCCCC(=O)OCC.I. The Hall–Kier alpha value is -1.55. The zero-order valence-corrected chi connectivity index (χ0v) is 20.0. The lowest BCUT2D eigenvalue weighted by atomic mass is 10.1. The summed E-state index contributed by atoms with van der Waals surface area (Å²) in [6.07, 6.45) is 2.13. The summed E-state index contributed by atoms with van der Waals surface area (Å²) in [4.78, 5) is 16.1. The molecule has 0 saturated carbocycles. The highest BCUT2D eigenvalue weighted by molar-refractivity contribution is 14.0. The van der Waals surface area contributed by atoms with Crippen LogP contribution in [0.5, 0.6) is 5.75 Å². The van der Waals surface area contributed by atoms with Gasteiger partial charge in [0, 0.05) is 31.5 Å². The minimum atomic E-state index is -0.163. The predicted octanol–water partition coefficient (Wildman–Crippen LogP) is 3.18. The topological polar surface area (TPSA) is 81.2 Å². The number of carbonyl (C=O) groups is 1. The van der Waals surface area contributed by atoms with Crippen LogP contribution in [0, 0.1) is 6.92 Å². The second-order valence-corrected chi connectivity index (χ2v) is 6.75. The molecule has 0 aromatic heterocycles. The van der Waals surface area contributed by atoms with Crippen molar-refractivity contribution in [2.24, 2.45) is 4.99 Å². The van der Waals surface area contributed by atoms with Crippen molar-refractivity contribution < 1.29 is 19.0 Å². The van der Waals surface area contributed by atoms with Gasteiger partial charge in [0.05, 0.1) is 26.4 Å². The molecule has 2 N–H and O–H groups in total. The lowest BCUT2D eigenvalue weighted by Gasteiger charge is -2.16. The van der Waals surface area contributed by atoms with Crippen molar-refractivity contribution in [3.63, 3.8) is 0 Å². The number of esters is 1. The molecule has 2 rings (SSSR count). The molecule has 7 nitrogen and oxygen atoms in total. The molecule has 1 aliphatic heterocycles. The van der Waals surface area contributed by atoms with Crippen LogP contribution in [0.1, 0.15) is 44.2 Å². The molecule has 1 aliphatic rings. The highest BCUT2D eigenvalue weighted by Crippen LogP contribution is 2.24. The maximum absolute atomic E-state index is 11.4. The van der Waals surface area contributed by atoms with E-state index in [1.807, 2.05) is 13.8 Å². The van der Waals surface area contributed by atoms with Crippen molar-refractivity contribution in [1.29, 1.82) is 0 Å². The molecule has 164 valence electrons. The molecule has 1 saturated heterocycles. The highest BCUT2D eigenvalue weighted by Gasteiger charge is 2.18. The molecule has 0 amide bonds. The summed E-state index contributed by atoms with van der Waals surface area (Å²) in [6.45, 7) is 9.64. The molecule has 1 fully saturated rings. The van der Waals surface area contributed by atoms with Crippen LogP contribution in [0.4, 0.5) is 0 Å². The highest BCUT2D eigenvalue weighted by atomic mass is 127. The number of halogens is 1. The van der Waals surface area contributed by atoms with Gasteiger partial charge >= 0.3 is 5.97 Å². The number of carbonyl (C=O) groups excluding carboxylic acids is 1. The maximum atomic E-state index is 11.4. The Morgan fingerprint density at radius 2 is 2.14 bits per heavy atom. The van der Waals surface area contributed by atoms with E-state index in [-0.39, 0.29) is 36.0 Å². The number of rotatable bonds is 10. The van der Waals surface area contributed by atoms with Crippen LogP contribution in [-0.2, 0) is 20.8 Å². The third-order valence-corrected chi connectivity index (χ3v) is 4.31. The van der Waals surface area contributed by atoms with Gasteiger partial charge in [-0.3, -0.25) is 4.79 Å². The van der Waals surface area contributed by atoms with E-state index in [1.165, 1.54) is 0 Å². The van der Waals surface area contributed by atoms with Crippen molar-refractivity contribution in [3.05, 3.63) is 29.3 Å². The van der Waals surface area contributed by atoms with E-state index < -0.39 is 0 Å². The number of nitrogens with one attached hydrogen (secondary N) is 2. The van der Waals surface area contributed by atoms with Gasteiger partial charge in [-0.05, 0) is 38.8 Å². The molecular formula is C21H34IN3O4. The molecule has 0 aliphatic carbocycles. The minimum Gasteiger partial charge on any atom is -0.488 e. The van der Waals surface area contributed by atoms with Crippen LogP contribution in [0.2, 0.25) is 0 Å². The van der Waals surface area contributed by atoms with E-state index >= 15 is 0 Å². The fourth-order valence-electron chi connectivity index (χ4n) is 2.87. The monoisotopic (exact) mass is 519 g/mol.